The Hall–Kier alpha value is -3.59. The van der Waals surface area contributed by atoms with E-state index in [1.54, 1.807) is 0 Å². The van der Waals surface area contributed by atoms with E-state index in [1.165, 1.54) is 6.42 Å². The SMILES string of the molecule is CC1CCCCC1C(=O)N1CCc2c(Cl)ccc(OCc3noc4ccccc34)c2C1CN1CCCC1=O.O=CO. The summed E-state index contributed by atoms with van der Waals surface area (Å²) in [7, 11) is 0. The minimum atomic E-state index is -0.301. The Balaban J connectivity index is 0.00000108. The zero-order chi connectivity index (χ0) is 28.9. The van der Waals surface area contributed by atoms with Crippen LogP contribution in [0.4, 0.5) is 0 Å². The summed E-state index contributed by atoms with van der Waals surface area (Å²) in [6, 6.07) is 11.2. The maximum atomic E-state index is 14.1. The van der Waals surface area contributed by atoms with Crippen LogP contribution in [-0.2, 0) is 27.4 Å². The van der Waals surface area contributed by atoms with Gasteiger partial charge in [0.1, 0.15) is 18.1 Å². The Labute approximate surface area is 244 Å². The first kappa shape index (κ1) is 28.9. The smallest absolute Gasteiger partial charge is 0.290 e. The minimum absolute atomic E-state index is 0.0205. The number of carbonyl (C=O) groups excluding carboxylic acids is 2. The first-order chi connectivity index (χ1) is 19.9. The van der Waals surface area contributed by atoms with Gasteiger partial charge >= 0.3 is 0 Å². The Morgan fingerprint density at radius 1 is 1.15 bits per heavy atom. The van der Waals surface area contributed by atoms with Crippen LogP contribution in [0.2, 0.25) is 5.02 Å². The zero-order valence-electron chi connectivity index (χ0n) is 23.3. The minimum Gasteiger partial charge on any atom is -0.487 e. The maximum Gasteiger partial charge on any atom is 0.290 e. The monoisotopic (exact) mass is 581 g/mol. The van der Waals surface area contributed by atoms with Crippen LogP contribution in [-0.4, -0.2) is 58.0 Å². The third kappa shape index (κ3) is 6.05. The summed E-state index contributed by atoms with van der Waals surface area (Å²) in [4.78, 5) is 39.0. The van der Waals surface area contributed by atoms with Crippen LogP contribution < -0.4 is 4.74 Å². The van der Waals surface area contributed by atoms with E-state index in [-0.39, 0.29) is 36.9 Å². The van der Waals surface area contributed by atoms with Crippen molar-refractivity contribution in [1.82, 2.24) is 15.0 Å². The fourth-order valence-electron chi connectivity index (χ4n) is 6.55. The topological polar surface area (TPSA) is 113 Å². The molecular formula is C31H36ClN3O6. The lowest BCUT2D eigenvalue weighted by molar-refractivity contribution is -0.143. The van der Waals surface area contributed by atoms with Gasteiger partial charge in [-0.05, 0) is 61.4 Å². The van der Waals surface area contributed by atoms with Gasteiger partial charge in [0, 0.05) is 47.9 Å². The molecule has 3 atom stereocenters. The molecule has 1 aromatic heterocycles. The van der Waals surface area contributed by atoms with Crippen molar-refractivity contribution in [2.45, 2.75) is 64.5 Å². The standard InChI is InChI=1S/C30H34ClN3O4.CH2O2/c1-19-7-2-3-8-20(19)30(36)34-16-14-21-23(31)12-13-27(29(21)25(34)17-33-15-6-11-28(33)35)37-18-24-22-9-4-5-10-26(22)38-32-24;2-1-3/h4-5,9-10,12-13,19-20,25H,2-3,6-8,11,14-18H2,1H3;1H,(H,2,3). The number of halogens is 1. The summed E-state index contributed by atoms with van der Waals surface area (Å²) in [5.74, 6) is 1.42. The molecule has 1 saturated heterocycles. The lowest BCUT2D eigenvalue weighted by atomic mass is 9.78. The second-order valence-electron chi connectivity index (χ2n) is 11.1. The molecule has 1 aliphatic carbocycles. The molecule has 0 spiro atoms. The van der Waals surface area contributed by atoms with E-state index in [9.17, 15) is 9.59 Å². The van der Waals surface area contributed by atoms with Crippen molar-refractivity contribution in [3.63, 3.8) is 0 Å². The van der Waals surface area contributed by atoms with E-state index in [1.807, 2.05) is 46.2 Å². The number of benzene rings is 2. The van der Waals surface area contributed by atoms with Gasteiger partial charge in [-0.2, -0.15) is 0 Å². The molecule has 3 aromatic rings. The second kappa shape index (κ2) is 12.9. The molecule has 41 heavy (non-hydrogen) atoms. The van der Waals surface area contributed by atoms with Crippen molar-refractivity contribution in [2.24, 2.45) is 11.8 Å². The molecule has 0 bridgehead atoms. The highest BCUT2D eigenvalue weighted by atomic mass is 35.5. The van der Waals surface area contributed by atoms with Crippen molar-refractivity contribution in [1.29, 1.82) is 0 Å². The molecule has 3 heterocycles. The maximum absolute atomic E-state index is 14.1. The van der Waals surface area contributed by atoms with Crippen molar-refractivity contribution in [2.75, 3.05) is 19.6 Å². The molecule has 218 valence electrons. The number of para-hydroxylation sites is 1. The normalized spacial score (nSPS) is 22.2. The number of amides is 2. The van der Waals surface area contributed by atoms with Gasteiger partial charge in [0.2, 0.25) is 11.8 Å². The van der Waals surface area contributed by atoms with Crippen molar-refractivity contribution in [3.05, 3.63) is 58.2 Å². The van der Waals surface area contributed by atoms with Crippen LogP contribution in [0.5, 0.6) is 5.75 Å². The number of hydrogen-bond donors (Lipinski definition) is 1. The van der Waals surface area contributed by atoms with E-state index in [2.05, 4.69) is 12.1 Å². The summed E-state index contributed by atoms with van der Waals surface area (Å²) in [6.07, 6.45) is 6.36. The lowest BCUT2D eigenvalue weighted by Gasteiger charge is -2.43. The van der Waals surface area contributed by atoms with Crippen LogP contribution >= 0.6 is 11.6 Å². The Bertz CT molecular complexity index is 1410. The quantitative estimate of drug-likeness (QED) is 0.375. The largest absolute Gasteiger partial charge is 0.487 e. The first-order valence-electron chi connectivity index (χ1n) is 14.4. The molecule has 9 nitrogen and oxygen atoms in total. The van der Waals surface area contributed by atoms with E-state index < -0.39 is 0 Å². The molecule has 2 amide bonds. The number of rotatable bonds is 6. The van der Waals surface area contributed by atoms with Gasteiger partial charge < -0.3 is 24.2 Å². The molecule has 2 fully saturated rings. The molecule has 1 N–H and O–H groups in total. The molecule has 2 aromatic carbocycles. The molecule has 2 aliphatic heterocycles. The number of nitrogens with zero attached hydrogens (tertiary/aromatic N) is 3. The number of hydrogen-bond acceptors (Lipinski definition) is 6. The zero-order valence-corrected chi connectivity index (χ0v) is 24.0. The fraction of sp³-hybridized carbons (Fsp3) is 0.484. The predicted octanol–water partition coefficient (Wildman–Crippen LogP) is 5.64. The van der Waals surface area contributed by atoms with Gasteiger partial charge in [-0.3, -0.25) is 14.4 Å². The summed E-state index contributed by atoms with van der Waals surface area (Å²) < 4.78 is 11.9. The lowest BCUT2D eigenvalue weighted by Crippen LogP contribution is -2.49. The summed E-state index contributed by atoms with van der Waals surface area (Å²) in [5.41, 5.74) is 3.36. The van der Waals surface area contributed by atoms with Gasteiger partial charge in [-0.15, -0.1) is 0 Å². The Morgan fingerprint density at radius 3 is 2.68 bits per heavy atom. The second-order valence-corrected chi connectivity index (χ2v) is 11.5. The first-order valence-corrected chi connectivity index (χ1v) is 14.7. The van der Waals surface area contributed by atoms with E-state index >= 15 is 0 Å². The Kier molecular flexibility index (Phi) is 9.12. The number of aromatic nitrogens is 1. The predicted molar refractivity (Wildman–Crippen MR) is 154 cm³/mol. The number of carbonyl (C=O) groups is 3. The third-order valence-electron chi connectivity index (χ3n) is 8.67. The molecule has 10 heteroatoms. The number of ether oxygens (including phenoxy) is 1. The van der Waals surface area contributed by atoms with Gasteiger partial charge in [0.15, 0.2) is 5.58 Å². The van der Waals surface area contributed by atoms with E-state index in [0.717, 1.165) is 47.9 Å². The van der Waals surface area contributed by atoms with Gasteiger partial charge in [-0.1, -0.05) is 48.7 Å². The summed E-state index contributed by atoms with van der Waals surface area (Å²) in [5, 5.41) is 12.7. The number of likely N-dealkylation sites (tertiary alicyclic amines) is 1. The van der Waals surface area contributed by atoms with Crippen LogP contribution in [0, 0.1) is 11.8 Å². The highest BCUT2D eigenvalue weighted by Crippen LogP contribution is 2.43. The molecule has 3 aliphatic rings. The van der Waals surface area contributed by atoms with Crippen LogP contribution in [0.3, 0.4) is 0 Å². The van der Waals surface area contributed by atoms with Gasteiger partial charge in [-0.25, -0.2) is 0 Å². The van der Waals surface area contributed by atoms with Gasteiger partial charge in [0.05, 0.1) is 6.04 Å². The molecule has 6 rings (SSSR count). The molecule has 0 radical (unpaired) electrons. The average molecular weight is 582 g/mol. The highest BCUT2D eigenvalue weighted by Gasteiger charge is 2.41. The van der Waals surface area contributed by atoms with E-state index in [4.69, 9.17) is 30.8 Å². The van der Waals surface area contributed by atoms with Crippen LogP contribution in [0.15, 0.2) is 40.9 Å². The van der Waals surface area contributed by atoms with Crippen LogP contribution in [0.1, 0.15) is 68.3 Å². The fourth-order valence-corrected chi connectivity index (χ4v) is 6.81. The van der Waals surface area contributed by atoms with Crippen LogP contribution in [0.25, 0.3) is 11.0 Å². The Morgan fingerprint density at radius 2 is 1.93 bits per heavy atom. The highest BCUT2D eigenvalue weighted by molar-refractivity contribution is 6.31. The average Bonchev–Trinajstić information content (AvgIpc) is 3.59. The van der Waals surface area contributed by atoms with E-state index in [0.29, 0.717) is 54.7 Å². The molecular weight excluding hydrogens is 546 g/mol. The van der Waals surface area contributed by atoms with Crippen molar-refractivity contribution < 1.29 is 28.8 Å². The third-order valence-corrected chi connectivity index (χ3v) is 9.02. The summed E-state index contributed by atoms with van der Waals surface area (Å²) in [6.45, 7) is 3.95. The summed E-state index contributed by atoms with van der Waals surface area (Å²) >= 11 is 6.73. The molecule has 3 unspecified atom stereocenters. The van der Waals surface area contributed by atoms with Gasteiger partial charge in [0.25, 0.3) is 6.47 Å². The van der Waals surface area contributed by atoms with Crippen molar-refractivity contribution in [3.8, 4) is 5.75 Å². The van der Waals surface area contributed by atoms with Crippen molar-refractivity contribution >= 4 is 40.9 Å². The number of carboxylic acid groups (broad SMARTS) is 1. The molecule has 1 saturated carbocycles. The number of fused-ring (bicyclic) bond motifs is 2.